The van der Waals surface area contributed by atoms with Crippen molar-refractivity contribution in [3.05, 3.63) is 18.1 Å². The van der Waals surface area contributed by atoms with Gasteiger partial charge in [0.2, 0.25) is 5.88 Å². The number of nitrogens with zero attached hydrogens (tertiary/aromatic N) is 2. The summed E-state index contributed by atoms with van der Waals surface area (Å²) in [6, 6.07) is 0.145. The Kier molecular flexibility index (Phi) is 4.49. The summed E-state index contributed by atoms with van der Waals surface area (Å²) in [6.07, 6.45) is 5.08. The van der Waals surface area contributed by atoms with Crippen LogP contribution in [0, 0.1) is 5.92 Å². The van der Waals surface area contributed by atoms with Crippen LogP contribution in [0.25, 0.3) is 0 Å². The Morgan fingerprint density at radius 2 is 2.13 bits per heavy atom. The van der Waals surface area contributed by atoms with Gasteiger partial charge in [0.1, 0.15) is 0 Å². The lowest BCUT2D eigenvalue weighted by molar-refractivity contribution is 0.392. The summed E-state index contributed by atoms with van der Waals surface area (Å²) >= 11 is 0. The van der Waals surface area contributed by atoms with Crippen LogP contribution in [0.3, 0.4) is 0 Å². The molecule has 1 aromatic rings. The summed E-state index contributed by atoms with van der Waals surface area (Å²) in [5.74, 6) is 1.16. The first-order valence-electron chi connectivity index (χ1n) is 5.22. The summed E-state index contributed by atoms with van der Waals surface area (Å²) < 4.78 is 5.00. The fraction of sp³-hybridized carbons (Fsp3) is 0.636. The molecule has 0 radical (unpaired) electrons. The van der Waals surface area contributed by atoms with E-state index in [0.717, 1.165) is 18.5 Å². The van der Waals surface area contributed by atoms with Crippen molar-refractivity contribution in [3.8, 4) is 5.88 Å². The largest absolute Gasteiger partial charge is 0.480 e. The Morgan fingerprint density at radius 1 is 1.40 bits per heavy atom. The first kappa shape index (κ1) is 11.9. The van der Waals surface area contributed by atoms with Crippen molar-refractivity contribution in [3.63, 3.8) is 0 Å². The second kappa shape index (κ2) is 5.66. The highest BCUT2D eigenvalue weighted by Crippen LogP contribution is 2.09. The van der Waals surface area contributed by atoms with Crippen LogP contribution in [-0.2, 0) is 6.42 Å². The molecule has 0 aliphatic carbocycles. The highest BCUT2D eigenvalue weighted by atomic mass is 16.5. The Morgan fingerprint density at radius 3 is 2.73 bits per heavy atom. The van der Waals surface area contributed by atoms with Gasteiger partial charge in [0.15, 0.2) is 0 Å². The van der Waals surface area contributed by atoms with Crippen molar-refractivity contribution in [1.29, 1.82) is 0 Å². The maximum Gasteiger partial charge on any atom is 0.232 e. The van der Waals surface area contributed by atoms with Crippen molar-refractivity contribution in [2.75, 3.05) is 7.11 Å². The lowest BCUT2D eigenvalue weighted by atomic mass is 10.0. The van der Waals surface area contributed by atoms with E-state index in [1.807, 2.05) is 0 Å². The quantitative estimate of drug-likeness (QED) is 0.796. The number of nitrogens with two attached hydrogens (primary N) is 1. The fourth-order valence-electron chi connectivity index (χ4n) is 1.54. The molecule has 1 rings (SSSR count). The fourth-order valence-corrected chi connectivity index (χ4v) is 1.54. The number of methoxy groups -OCH3 is 1. The summed E-state index contributed by atoms with van der Waals surface area (Å²) in [7, 11) is 1.59. The number of hydrogen-bond acceptors (Lipinski definition) is 4. The maximum absolute atomic E-state index is 5.99. The van der Waals surface area contributed by atoms with Crippen LogP contribution in [0.4, 0.5) is 0 Å². The average Bonchev–Trinajstić information content (AvgIpc) is 2.16. The molecule has 0 saturated carbocycles. The second-order valence-corrected chi connectivity index (χ2v) is 4.15. The molecule has 4 heteroatoms. The van der Waals surface area contributed by atoms with Gasteiger partial charge < -0.3 is 10.5 Å². The molecule has 0 saturated heterocycles. The normalized spacial score (nSPS) is 12.9. The molecular formula is C11H19N3O. The van der Waals surface area contributed by atoms with Crippen LogP contribution in [0.5, 0.6) is 5.88 Å². The van der Waals surface area contributed by atoms with Crippen LogP contribution in [0.15, 0.2) is 12.4 Å². The standard InChI is InChI=1S/C11H19N3O/c1-8(2)4-9(12)5-10-6-13-7-11(14-10)15-3/h6-9H,4-5,12H2,1-3H3. The van der Waals surface area contributed by atoms with Crippen molar-refractivity contribution in [2.24, 2.45) is 11.7 Å². The minimum atomic E-state index is 0.145. The van der Waals surface area contributed by atoms with E-state index in [2.05, 4.69) is 23.8 Å². The summed E-state index contributed by atoms with van der Waals surface area (Å²) in [5.41, 5.74) is 6.88. The summed E-state index contributed by atoms with van der Waals surface area (Å²) in [4.78, 5) is 8.32. The van der Waals surface area contributed by atoms with Crippen molar-refractivity contribution >= 4 is 0 Å². The number of hydrogen-bond donors (Lipinski definition) is 1. The zero-order valence-electron chi connectivity index (χ0n) is 9.60. The van der Waals surface area contributed by atoms with E-state index < -0.39 is 0 Å². The third-order valence-corrected chi connectivity index (χ3v) is 2.12. The molecule has 1 unspecified atom stereocenters. The van der Waals surface area contributed by atoms with Crippen molar-refractivity contribution in [2.45, 2.75) is 32.7 Å². The van der Waals surface area contributed by atoms with Gasteiger partial charge >= 0.3 is 0 Å². The van der Waals surface area contributed by atoms with E-state index >= 15 is 0 Å². The molecule has 1 aromatic heterocycles. The molecule has 0 aliphatic heterocycles. The Labute approximate surface area is 90.9 Å². The molecule has 0 bridgehead atoms. The van der Waals surface area contributed by atoms with E-state index in [1.54, 1.807) is 19.5 Å². The lowest BCUT2D eigenvalue weighted by Gasteiger charge is -2.13. The first-order chi connectivity index (χ1) is 7.11. The van der Waals surface area contributed by atoms with Crippen molar-refractivity contribution < 1.29 is 4.74 Å². The van der Waals surface area contributed by atoms with Gasteiger partial charge in [-0.05, 0) is 12.3 Å². The highest BCUT2D eigenvalue weighted by Gasteiger charge is 2.08. The molecule has 15 heavy (non-hydrogen) atoms. The molecule has 0 fully saturated rings. The molecule has 0 spiro atoms. The van der Waals surface area contributed by atoms with E-state index in [0.29, 0.717) is 11.8 Å². The molecular weight excluding hydrogens is 190 g/mol. The minimum Gasteiger partial charge on any atom is -0.480 e. The maximum atomic E-state index is 5.99. The van der Waals surface area contributed by atoms with Gasteiger partial charge in [0, 0.05) is 18.7 Å². The van der Waals surface area contributed by atoms with Crippen LogP contribution >= 0.6 is 0 Å². The van der Waals surface area contributed by atoms with Gasteiger partial charge in [0.05, 0.1) is 19.0 Å². The summed E-state index contributed by atoms with van der Waals surface area (Å²) in [6.45, 7) is 4.33. The van der Waals surface area contributed by atoms with E-state index in [9.17, 15) is 0 Å². The van der Waals surface area contributed by atoms with Gasteiger partial charge in [0.25, 0.3) is 0 Å². The highest BCUT2D eigenvalue weighted by molar-refractivity contribution is 5.09. The van der Waals surface area contributed by atoms with E-state index in [4.69, 9.17) is 10.5 Å². The zero-order valence-corrected chi connectivity index (χ0v) is 9.60. The molecule has 84 valence electrons. The SMILES string of the molecule is COc1cncc(CC(N)CC(C)C)n1. The monoisotopic (exact) mass is 209 g/mol. The Hall–Kier alpha value is -1.16. The molecule has 1 atom stereocenters. The molecule has 1 heterocycles. The predicted molar refractivity (Wildman–Crippen MR) is 59.7 cm³/mol. The molecule has 0 amide bonds. The second-order valence-electron chi connectivity index (χ2n) is 4.15. The molecule has 2 N–H and O–H groups in total. The summed E-state index contributed by atoms with van der Waals surface area (Å²) in [5, 5.41) is 0. The number of aromatic nitrogens is 2. The molecule has 0 aromatic carbocycles. The minimum absolute atomic E-state index is 0.145. The lowest BCUT2D eigenvalue weighted by Crippen LogP contribution is -2.25. The topological polar surface area (TPSA) is 61.0 Å². The molecule has 4 nitrogen and oxygen atoms in total. The Balaban J connectivity index is 2.55. The first-order valence-corrected chi connectivity index (χ1v) is 5.22. The van der Waals surface area contributed by atoms with Crippen LogP contribution < -0.4 is 10.5 Å². The van der Waals surface area contributed by atoms with Gasteiger partial charge in [-0.2, -0.15) is 0 Å². The molecule has 0 aliphatic rings. The van der Waals surface area contributed by atoms with Gasteiger partial charge in [-0.3, -0.25) is 4.98 Å². The number of ether oxygens (including phenoxy) is 1. The zero-order chi connectivity index (χ0) is 11.3. The van der Waals surface area contributed by atoms with Crippen LogP contribution in [0.1, 0.15) is 26.0 Å². The smallest absolute Gasteiger partial charge is 0.232 e. The number of rotatable bonds is 5. The predicted octanol–water partition coefficient (Wildman–Crippen LogP) is 1.40. The van der Waals surface area contributed by atoms with Gasteiger partial charge in [-0.15, -0.1) is 0 Å². The van der Waals surface area contributed by atoms with E-state index in [1.165, 1.54) is 0 Å². The van der Waals surface area contributed by atoms with E-state index in [-0.39, 0.29) is 6.04 Å². The van der Waals surface area contributed by atoms with Crippen molar-refractivity contribution in [1.82, 2.24) is 9.97 Å². The third kappa shape index (κ3) is 4.25. The third-order valence-electron chi connectivity index (χ3n) is 2.12. The van der Waals surface area contributed by atoms with Gasteiger partial charge in [-0.25, -0.2) is 4.98 Å². The Bertz CT molecular complexity index is 302. The van der Waals surface area contributed by atoms with Crippen LogP contribution in [0.2, 0.25) is 0 Å². The van der Waals surface area contributed by atoms with Gasteiger partial charge in [-0.1, -0.05) is 13.8 Å². The van der Waals surface area contributed by atoms with Crippen LogP contribution in [-0.4, -0.2) is 23.1 Å². The average molecular weight is 209 g/mol.